The number of hydrogen-bond acceptors (Lipinski definition) is 2. The monoisotopic (exact) mass is 303 g/mol. The molecule has 2 aromatic rings. The number of halogens is 1. The molecule has 0 saturated carbocycles. The maximum absolute atomic E-state index is 13.5. The summed E-state index contributed by atoms with van der Waals surface area (Å²) in [6.45, 7) is 2.09. The number of nitrogens with one attached hydrogen (secondary N) is 1. The normalized spacial score (nSPS) is 11.9. The first-order valence-corrected chi connectivity index (χ1v) is 7.88. The van der Waals surface area contributed by atoms with Crippen LogP contribution < -0.4 is 5.32 Å². The van der Waals surface area contributed by atoms with Gasteiger partial charge in [0.25, 0.3) is 0 Å². The van der Waals surface area contributed by atoms with Gasteiger partial charge in [-0.05, 0) is 18.6 Å². The van der Waals surface area contributed by atoms with Gasteiger partial charge in [0, 0.05) is 17.9 Å². The molecular formula is C17H18FNOS. The minimum atomic E-state index is -0.289. The highest BCUT2D eigenvalue weighted by atomic mass is 32.2. The highest BCUT2D eigenvalue weighted by Gasteiger charge is 2.13. The van der Waals surface area contributed by atoms with E-state index in [1.165, 1.54) is 11.6 Å². The second-order valence-electron chi connectivity index (χ2n) is 4.75. The van der Waals surface area contributed by atoms with Gasteiger partial charge in [-0.2, -0.15) is 0 Å². The van der Waals surface area contributed by atoms with E-state index < -0.39 is 0 Å². The molecule has 21 heavy (non-hydrogen) atoms. The second-order valence-corrected chi connectivity index (χ2v) is 6.08. The fourth-order valence-electron chi connectivity index (χ4n) is 1.84. The van der Waals surface area contributed by atoms with Gasteiger partial charge in [0.1, 0.15) is 5.82 Å². The van der Waals surface area contributed by atoms with Gasteiger partial charge in [-0.3, -0.25) is 4.79 Å². The van der Waals surface area contributed by atoms with Crippen molar-refractivity contribution in [3.63, 3.8) is 0 Å². The number of carbonyl (C=O) groups is 1. The summed E-state index contributed by atoms with van der Waals surface area (Å²) >= 11 is 1.57. The fourth-order valence-corrected chi connectivity index (χ4v) is 2.71. The first kappa shape index (κ1) is 15.6. The van der Waals surface area contributed by atoms with Crippen molar-refractivity contribution in [2.24, 2.45) is 0 Å². The Morgan fingerprint density at radius 1 is 1.14 bits per heavy atom. The van der Waals surface area contributed by atoms with Crippen LogP contribution in [0, 0.1) is 5.82 Å². The molecule has 0 saturated heterocycles. The summed E-state index contributed by atoms with van der Waals surface area (Å²) in [7, 11) is 0. The molecule has 2 rings (SSSR count). The Bertz CT molecular complexity index is 588. The van der Waals surface area contributed by atoms with Gasteiger partial charge in [0.15, 0.2) is 0 Å². The third kappa shape index (κ3) is 4.90. The van der Waals surface area contributed by atoms with Gasteiger partial charge in [0.2, 0.25) is 5.91 Å². The predicted molar refractivity (Wildman–Crippen MR) is 85.4 cm³/mol. The summed E-state index contributed by atoms with van der Waals surface area (Å²) in [5.41, 5.74) is 1.70. The van der Waals surface area contributed by atoms with Crippen molar-refractivity contribution in [3.8, 4) is 0 Å². The molecule has 2 nitrogen and oxygen atoms in total. The first-order valence-electron chi connectivity index (χ1n) is 6.83. The van der Waals surface area contributed by atoms with Crippen molar-refractivity contribution in [3.05, 3.63) is 71.5 Å². The van der Waals surface area contributed by atoms with Crippen molar-refractivity contribution >= 4 is 17.7 Å². The molecule has 0 fully saturated rings. The zero-order chi connectivity index (χ0) is 15.1. The minimum Gasteiger partial charge on any atom is -0.351 e. The van der Waals surface area contributed by atoms with Crippen LogP contribution in [-0.2, 0) is 17.1 Å². The molecule has 1 atom stereocenters. The Morgan fingerprint density at radius 2 is 1.81 bits per heavy atom. The predicted octanol–water partition coefficient (Wildman–Crippen LogP) is 3.76. The SMILES string of the molecule is CC(SCc1ccccc1)C(=O)NCc1ccccc1F. The number of carbonyl (C=O) groups excluding carboxylic acids is 1. The van der Waals surface area contributed by atoms with E-state index in [-0.39, 0.29) is 23.5 Å². The van der Waals surface area contributed by atoms with E-state index >= 15 is 0 Å². The highest BCUT2D eigenvalue weighted by molar-refractivity contribution is 7.99. The van der Waals surface area contributed by atoms with Crippen LogP contribution in [0.3, 0.4) is 0 Å². The first-order chi connectivity index (χ1) is 10.2. The maximum atomic E-state index is 13.5. The van der Waals surface area contributed by atoms with E-state index in [1.807, 2.05) is 37.3 Å². The number of benzene rings is 2. The largest absolute Gasteiger partial charge is 0.351 e. The van der Waals surface area contributed by atoms with Crippen molar-refractivity contribution in [1.82, 2.24) is 5.32 Å². The Balaban J connectivity index is 1.79. The topological polar surface area (TPSA) is 29.1 Å². The van der Waals surface area contributed by atoms with E-state index in [0.29, 0.717) is 5.56 Å². The molecule has 1 N–H and O–H groups in total. The Labute approximate surface area is 128 Å². The molecule has 2 aromatic carbocycles. The lowest BCUT2D eigenvalue weighted by molar-refractivity contribution is -0.120. The highest BCUT2D eigenvalue weighted by Crippen LogP contribution is 2.17. The summed E-state index contributed by atoms with van der Waals surface area (Å²) < 4.78 is 13.5. The van der Waals surface area contributed by atoms with Crippen LogP contribution >= 0.6 is 11.8 Å². The molecule has 0 spiro atoms. The van der Waals surface area contributed by atoms with E-state index in [1.54, 1.807) is 30.0 Å². The van der Waals surface area contributed by atoms with Crippen LogP contribution in [-0.4, -0.2) is 11.2 Å². The summed E-state index contributed by atoms with van der Waals surface area (Å²) in [5, 5.41) is 2.61. The molecule has 0 heterocycles. The molecule has 0 aliphatic carbocycles. The third-order valence-electron chi connectivity index (χ3n) is 3.12. The van der Waals surface area contributed by atoms with E-state index in [4.69, 9.17) is 0 Å². The molecule has 0 aliphatic rings. The van der Waals surface area contributed by atoms with E-state index in [2.05, 4.69) is 5.32 Å². The maximum Gasteiger partial charge on any atom is 0.233 e. The van der Waals surface area contributed by atoms with Crippen LogP contribution in [0.4, 0.5) is 4.39 Å². The quantitative estimate of drug-likeness (QED) is 0.880. The summed E-state index contributed by atoms with van der Waals surface area (Å²) in [5.74, 6) is 0.427. The van der Waals surface area contributed by atoms with Crippen LogP contribution in [0.2, 0.25) is 0 Å². The third-order valence-corrected chi connectivity index (χ3v) is 4.34. The summed E-state index contributed by atoms with van der Waals surface area (Å²) in [6, 6.07) is 16.5. The fraction of sp³-hybridized carbons (Fsp3) is 0.235. The molecule has 1 amide bonds. The zero-order valence-corrected chi connectivity index (χ0v) is 12.7. The molecule has 4 heteroatoms. The van der Waals surface area contributed by atoms with Gasteiger partial charge >= 0.3 is 0 Å². The average Bonchev–Trinajstić information content (AvgIpc) is 2.52. The van der Waals surface area contributed by atoms with Crippen LogP contribution in [0.1, 0.15) is 18.1 Å². The van der Waals surface area contributed by atoms with E-state index in [0.717, 1.165) is 5.75 Å². The standard InChI is InChI=1S/C17H18FNOS/c1-13(21-12-14-7-3-2-4-8-14)17(20)19-11-15-9-5-6-10-16(15)18/h2-10,13H,11-12H2,1H3,(H,19,20). The van der Waals surface area contributed by atoms with Crippen molar-refractivity contribution in [1.29, 1.82) is 0 Å². The molecule has 1 unspecified atom stereocenters. The van der Waals surface area contributed by atoms with Crippen LogP contribution in [0.5, 0.6) is 0 Å². The molecule has 0 bridgehead atoms. The molecular weight excluding hydrogens is 285 g/mol. The zero-order valence-electron chi connectivity index (χ0n) is 11.9. The average molecular weight is 303 g/mol. The summed E-state index contributed by atoms with van der Waals surface area (Å²) in [6.07, 6.45) is 0. The lowest BCUT2D eigenvalue weighted by Crippen LogP contribution is -2.30. The van der Waals surface area contributed by atoms with E-state index in [9.17, 15) is 9.18 Å². The van der Waals surface area contributed by atoms with Gasteiger partial charge < -0.3 is 5.32 Å². The Hall–Kier alpha value is -1.81. The smallest absolute Gasteiger partial charge is 0.233 e. The lowest BCUT2D eigenvalue weighted by atomic mass is 10.2. The minimum absolute atomic E-state index is 0.0702. The number of rotatable bonds is 6. The second kappa shape index (κ2) is 7.84. The lowest BCUT2D eigenvalue weighted by Gasteiger charge is -2.12. The summed E-state index contributed by atoms with van der Waals surface area (Å²) in [4.78, 5) is 12.0. The molecule has 110 valence electrons. The van der Waals surface area contributed by atoms with Crippen molar-refractivity contribution in [2.45, 2.75) is 24.5 Å². The number of amides is 1. The van der Waals surface area contributed by atoms with Crippen LogP contribution in [0.25, 0.3) is 0 Å². The van der Waals surface area contributed by atoms with Crippen molar-refractivity contribution < 1.29 is 9.18 Å². The van der Waals surface area contributed by atoms with Gasteiger partial charge in [-0.25, -0.2) is 4.39 Å². The number of hydrogen-bond donors (Lipinski definition) is 1. The van der Waals surface area contributed by atoms with Crippen molar-refractivity contribution in [2.75, 3.05) is 0 Å². The Morgan fingerprint density at radius 3 is 2.52 bits per heavy atom. The van der Waals surface area contributed by atoms with Crippen LogP contribution in [0.15, 0.2) is 54.6 Å². The molecule has 0 radical (unpaired) electrons. The number of thioether (sulfide) groups is 1. The van der Waals surface area contributed by atoms with Gasteiger partial charge in [-0.15, -0.1) is 11.8 Å². The van der Waals surface area contributed by atoms with Gasteiger partial charge in [-0.1, -0.05) is 48.5 Å². The van der Waals surface area contributed by atoms with Gasteiger partial charge in [0.05, 0.1) is 5.25 Å². The Kier molecular flexibility index (Phi) is 5.81. The molecule has 0 aliphatic heterocycles. The molecule has 0 aromatic heterocycles.